The summed E-state index contributed by atoms with van der Waals surface area (Å²) in [5.74, 6) is 0.479. The van der Waals surface area contributed by atoms with Gasteiger partial charge < -0.3 is 0 Å². The summed E-state index contributed by atoms with van der Waals surface area (Å²) in [6.45, 7) is 4.24. The van der Waals surface area contributed by atoms with Crippen LogP contribution >= 0.6 is 11.6 Å². The van der Waals surface area contributed by atoms with E-state index in [0.29, 0.717) is 5.92 Å². The van der Waals surface area contributed by atoms with Crippen LogP contribution in [0.1, 0.15) is 20.3 Å². The predicted molar refractivity (Wildman–Crippen MR) is 45.7 cm³/mol. The lowest BCUT2D eigenvalue weighted by molar-refractivity contribution is 0.837. The second kappa shape index (κ2) is 3.20. The molecule has 0 aromatic heterocycles. The van der Waals surface area contributed by atoms with Crippen LogP contribution in [0.2, 0.25) is 0 Å². The molecule has 0 aliphatic carbocycles. The van der Waals surface area contributed by atoms with Crippen molar-refractivity contribution in [2.45, 2.75) is 25.6 Å². The predicted octanol–water partition coefficient (Wildman–Crippen LogP) is 2.61. The van der Waals surface area contributed by atoms with E-state index < -0.39 is 0 Å². The van der Waals surface area contributed by atoms with Crippen LogP contribution < -0.4 is 0 Å². The summed E-state index contributed by atoms with van der Waals surface area (Å²) < 4.78 is 0. The highest BCUT2D eigenvalue weighted by atomic mass is 35.5. The summed E-state index contributed by atoms with van der Waals surface area (Å²) in [5.41, 5.74) is 1.11. The van der Waals surface area contributed by atoms with Gasteiger partial charge >= 0.3 is 0 Å². The van der Waals surface area contributed by atoms with E-state index >= 15 is 0 Å². The molecule has 2 heteroatoms. The van der Waals surface area contributed by atoms with Crippen LogP contribution in [0, 0.1) is 5.92 Å². The summed E-state index contributed by atoms with van der Waals surface area (Å²) >= 11 is 6.00. The first kappa shape index (κ1) is 7.80. The fourth-order valence-corrected chi connectivity index (χ4v) is 1.44. The first-order valence-electron chi connectivity index (χ1n) is 3.58. The van der Waals surface area contributed by atoms with Gasteiger partial charge in [0.2, 0.25) is 0 Å². The lowest BCUT2D eigenvalue weighted by Gasteiger charge is -2.16. The highest BCUT2D eigenvalue weighted by Crippen LogP contribution is 2.16. The molecule has 0 spiro atoms. The Morgan fingerprint density at radius 3 is 2.80 bits per heavy atom. The van der Waals surface area contributed by atoms with Gasteiger partial charge in [0.15, 0.2) is 0 Å². The van der Waals surface area contributed by atoms with Crippen LogP contribution in [0.15, 0.2) is 17.3 Å². The third-order valence-electron chi connectivity index (χ3n) is 1.58. The Hall–Kier alpha value is -0.300. The smallest absolute Gasteiger partial charge is 0.0755 e. The van der Waals surface area contributed by atoms with E-state index in [-0.39, 0.29) is 5.38 Å². The molecule has 0 saturated heterocycles. The topological polar surface area (TPSA) is 12.4 Å². The van der Waals surface area contributed by atoms with Crippen LogP contribution in [0.25, 0.3) is 0 Å². The van der Waals surface area contributed by atoms with E-state index in [4.69, 9.17) is 11.6 Å². The molecule has 1 rings (SSSR count). The van der Waals surface area contributed by atoms with Crippen LogP contribution in [0.5, 0.6) is 0 Å². The summed E-state index contributed by atoms with van der Waals surface area (Å²) in [4.78, 5) is 4.21. The monoisotopic (exact) mass is 157 g/mol. The van der Waals surface area contributed by atoms with E-state index in [0.717, 1.165) is 12.1 Å². The van der Waals surface area contributed by atoms with Gasteiger partial charge in [-0.1, -0.05) is 19.9 Å². The highest BCUT2D eigenvalue weighted by Gasteiger charge is 2.16. The number of hydrogen-bond acceptors (Lipinski definition) is 1. The molecule has 1 nitrogen and oxygen atoms in total. The van der Waals surface area contributed by atoms with E-state index in [1.165, 1.54) is 0 Å². The van der Waals surface area contributed by atoms with Crippen molar-refractivity contribution in [3.8, 4) is 0 Å². The second-order valence-corrected chi connectivity index (χ2v) is 3.32. The number of rotatable bonds is 1. The van der Waals surface area contributed by atoms with Gasteiger partial charge in [-0.15, -0.1) is 11.6 Å². The van der Waals surface area contributed by atoms with Crippen molar-refractivity contribution in [1.29, 1.82) is 0 Å². The molecule has 1 atom stereocenters. The second-order valence-electron chi connectivity index (χ2n) is 2.80. The molecule has 1 heterocycles. The maximum Gasteiger partial charge on any atom is 0.0755 e. The van der Waals surface area contributed by atoms with Crippen LogP contribution in [0.3, 0.4) is 0 Å². The van der Waals surface area contributed by atoms with Crippen molar-refractivity contribution < 1.29 is 0 Å². The molecule has 0 bridgehead atoms. The molecule has 0 aromatic rings. The van der Waals surface area contributed by atoms with Crippen molar-refractivity contribution in [2.24, 2.45) is 10.9 Å². The molecule has 0 aromatic carbocycles. The Bertz CT molecular complexity index is 170. The first-order valence-corrected chi connectivity index (χ1v) is 4.02. The van der Waals surface area contributed by atoms with E-state index in [1.807, 2.05) is 12.3 Å². The van der Waals surface area contributed by atoms with Gasteiger partial charge in [-0.2, -0.15) is 0 Å². The van der Waals surface area contributed by atoms with Gasteiger partial charge in [0.1, 0.15) is 0 Å². The van der Waals surface area contributed by atoms with Crippen molar-refractivity contribution in [3.63, 3.8) is 0 Å². The van der Waals surface area contributed by atoms with Crippen LogP contribution in [0.4, 0.5) is 0 Å². The van der Waals surface area contributed by atoms with Gasteiger partial charge in [0, 0.05) is 11.9 Å². The zero-order valence-corrected chi connectivity index (χ0v) is 7.10. The van der Waals surface area contributed by atoms with E-state index in [2.05, 4.69) is 18.8 Å². The van der Waals surface area contributed by atoms with Crippen molar-refractivity contribution in [3.05, 3.63) is 12.3 Å². The Morgan fingerprint density at radius 2 is 2.40 bits per heavy atom. The molecule has 1 aliphatic heterocycles. The van der Waals surface area contributed by atoms with Crippen LogP contribution in [-0.2, 0) is 0 Å². The first-order chi connectivity index (χ1) is 4.72. The molecule has 1 aliphatic rings. The zero-order chi connectivity index (χ0) is 7.56. The number of allylic oxidation sites excluding steroid dienone is 1. The minimum absolute atomic E-state index is 0.130. The molecule has 10 heavy (non-hydrogen) atoms. The minimum atomic E-state index is 0.130. The maximum absolute atomic E-state index is 6.00. The Kier molecular flexibility index (Phi) is 2.50. The van der Waals surface area contributed by atoms with Crippen LogP contribution in [-0.4, -0.2) is 11.1 Å². The SMILES string of the molecule is CC(C)C1=NC=CCC1Cl. The standard InChI is InChI=1S/C8H12ClN/c1-6(2)8-7(9)4-3-5-10-8/h3,5-7H,4H2,1-2H3. The van der Waals surface area contributed by atoms with Gasteiger partial charge in [0.25, 0.3) is 0 Å². The molecule has 0 N–H and O–H groups in total. The van der Waals surface area contributed by atoms with Crippen molar-refractivity contribution >= 4 is 17.3 Å². The zero-order valence-electron chi connectivity index (χ0n) is 6.34. The fourth-order valence-electron chi connectivity index (χ4n) is 1.03. The third kappa shape index (κ3) is 1.60. The van der Waals surface area contributed by atoms with E-state index in [9.17, 15) is 0 Å². The summed E-state index contributed by atoms with van der Waals surface area (Å²) in [6.07, 6.45) is 4.77. The summed E-state index contributed by atoms with van der Waals surface area (Å²) in [6, 6.07) is 0. The molecule has 0 amide bonds. The van der Waals surface area contributed by atoms with Crippen molar-refractivity contribution in [2.75, 3.05) is 0 Å². The number of hydrogen-bond donors (Lipinski definition) is 0. The Labute approximate surface area is 66.8 Å². The fraction of sp³-hybridized carbons (Fsp3) is 0.625. The largest absolute Gasteiger partial charge is 0.264 e. The lowest BCUT2D eigenvalue weighted by Crippen LogP contribution is -2.21. The molecule has 0 radical (unpaired) electrons. The Balaban J connectivity index is 2.70. The number of alkyl halides is 1. The average Bonchev–Trinajstić information content (AvgIpc) is 1.88. The number of halogens is 1. The normalized spacial score (nSPS) is 25.2. The summed E-state index contributed by atoms with van der Waals surface area (Å²) in [5, 5.41) is 0.130. The molecule has 1 unspecified atom stereocenters. The van der Waals surface area contributed by atoms with Gasteiger partial charge in [0.05, 0.1) is 5.38 Å². The van der Waals surface area contributed by atoms with Crippen molar-refractivity contribution in [1.82, 2.24) is 0 Å². The quantitative estimate of drug-likeness (QED) is 0.519. The maximum atomic E-state index is 6.00. The molecule has 56 valence electrons. The summed E-state index contributed by atoms with van der Waals surface area (Å²) in [7, 11) is 0. The molecule has 0 fully saturated rings. The number of aliphatic imine (C=N–C) groups is 1. The highest BCUT2D eigenvalue weighted by molar-refractivity contribution is 6.32. The van der Waals surface area contributed by atoms with Gasteiger partial charge in [-0.25, -0.2) is 0 Å². The van der Waals surface area contributed by atoms with Gasteiger partial charge in [-0.3, -0.25) is 4.99 Å². The van der Waals surface area contributed by atoms with E-state index in [1.54, 1.807) is 0 Å². The third-order valence-corrected chi connectivity index (χ3v) is 1.99. The minimum Gasteiger partial charge on any atom is -0.264 e. The Morgan fingerprint density at radius 1 is 1.70 bits per heavy atom. The average molecular weight is 158 g/mol. The molecular weight excluding hydrogens is 146 g/mol. The molecule has 0 saturated carbocycles. The molecular formula is C8H12ClN. The van der Waals surface area contributed by atoms with Gasteiger partial charge in [-0.05, 0) is 12.3 Å². The lowest BCUT2D eigenvalue weighted by atomic mass is 10.0. The number of nitrogens with zero attached hydrogens (tertiary/aromatic N) is 1.